The fourth-order valence-corrected chi connectivity index (χ4v) is 2.10. The molecule has 0 heterocycles. The largest absolute Gasteiger partial charge is 0.496 e. The lowest BCUT2D eigenvalue weighted by Crippen LogP contribution is -2.03. The van der Waals surface area contributed by atoms with Gasteiger partial charge in [-0.25, -0.2) is 0 Å². The number of rotatable bonds is 5. The van der Waals surface area contributed by atoms with Gasteiger partial charge in [0, 0.05) is 11.1 Å². The summed E-state index contributed by atoms with van der Waals surface area (Å²) >= 11 is 8.96. The summed E-state index contributed by atoms with van der Waals surface area (Å²) < 4.78 is 10.9. The second-order valence-electron chi connectivity index (χ2n) is 3.97. The predicted molar refractivity (Wildman–Crippen MR) is 82.6 cm³/mol. The van der Waals surface area contributed by atoms with Crippen LogP contribution in [0, 0.1) is 0 Å². The van der Waals surface area contributed by atoms with Crippen LogP contribution in [0.2, 0.25) is 5.02 Å². The van der Waals surface area contributed by atoms with E-state index in [2.05, 4.69) is 15.9 Å². The maximum absolute atomic E-state index is 11.7. The summed E-state index contributed by atoms with van der Waals surface area (Å²) in [5.74, 6) is 1.70. The minimum atomic E-state index is -0.0418. The average molecular weight is 356 g/mol. The summed E-state index contributed by atoms with van der Waals surface area (Å²) in [6.07, 6.45) is 0. The molecular weight excluding hydrogens is 344 g/mol. The first-order chi connectivity index (χ1) is 9.63. The Morgan fingerprint density at radius 2 is 1.80 bits per heavy atom. The molecule has 2 rings (SSSR count). The first kappa shape index (κ1) is 14.9. The number of Topliss-reactive ketones (excluding diaryl/α,β-unsaturated/α-hetero) is 1. The molecule has 0 aliphatic carbocycles. The van der Waals surface area contributed by atoms with Crippen molar-refractivity contribution in [3.8, 4) is 17.2 Å². The van der Waals surface area contributed by atoms with E-state index in [0.29, 0.717) is 27.8 Å². The van der Waals surface area contributed by atoms with E-state index in [4.69, 9.17) is 21.1 Å². The van der Waals surface area contributed by atoms with Crippen LogP contribution in [0.5, 0.6) is 17.2 Å². The second kappa shape index (κ2) is 6.77. The minimum absolute atomic E-state index is 0.0418. The van der Waals surface area contributed by atoms with Crippen molar-refractivity contribution in [2.24, 2.45) is 0 Å². The molecule has 0 aromatic heterocycles. The highest BCUT2D eigenvalue weighted by atomic mass is 79.9. The SMILES string of the molecule is COc1cc(Oc2ccc(Cl)cc2)ccc1C(=O)CBr. The summed E-state index contributed by atoms with van der Waals surface area (Å²) in [7, 11) is 1.52. The third kappa shape index (κ3) is 3.52. The van der Waals surface area contributed by atoms with E-state index in [1.165, 1.54) is 7.11 Å². The number of hydrogen-bond donors (Lipinski definition) is 0. The molecule has 0 unspecified atom stereocenters. The Hall–Kier alpha value is -1.52. The first-order valence-electron chi connectivity index (χ1n) is 5.84. The van der Waals surface area contributed by atoms with Crippen LogP contribution in [0.15, 0.2) is 42.5 Å². The lowest BCUT2D eigenvalue weighted by molar-refractivity contribution is 0.102. The van der Waals surface area contributed by atoms with E-state index in [1.807, 2.05) is 0 Å². The average Bonchev–Trinajstić information content (AvgIpc) is 2.48. The molecule has 0 spiro atoms. The Balaban J connectivity index is 2.25. The maximum atomic E-state index is 11.7. The number of halogens is 2. The van der Waals surface area contributed by atoms with E-state index in [-0.39, 0.29) is 11.1 Å². The van der Waals surface area contributed by atoms with Crippen molar-refractivity contribution in [1.82, 2.24) is 0 Å². The van der Waals surface area contributed by atoms with Crippen LogP contribution < -0.4 is 9.47 Å². The van der Waals surface area contributed by atoms with Gasteiger partial charge in [-0.3, -0.25) is 4.79 Å². The minimum Gasteiger partial charge on any atom is -0.496 e. The lowest BCUT2D eigenvalue weighted by Gasteiger charge is -2.10. The molecule has 0 saturated carbocycles. The quantitative estimate of drug-likeness (QED) is 0.575. The Morgan fingerprint density at radius 3 is 2.40 bits per heavy atom. The van der Waals surface area contributed by atoms with Gasteiger partial charge in [0.25, 0.3) is 0 Å². The number of carbonyl (C=O) groups is 1. The molecule has 0 bridgehead atoms. The lowest BCUT2D eigenvalue weighted by atomic mass is 10.1. The standard InChI is InChI=1S/C15H12BrClO3/c1-19-15-8-12(6-7-13(15)14(18)9-16)20-11-4-2-10(17)3-5-11/h2-8H,9H2,1H3. The van der Waals surface area contributed by atoms with Crippen LogP contribution in [0.1, 0.15) is 10.4 Å². The summed E-state index contributed by atoms with van der Waals surface area (Å²) in [6, 6.07) is 12.1. The summed E-state index contributed by atoms with van der Waals surface area (Å²) in [4.78, 5) is 11.7. The van der Waals surface area contributed by atoms with Gasteiger partial charge in [0.15, 0.2) is 5.78 Å². The number of benzene rings is 2. The number of methoxy groups -OCH3 is 1. The Labute approximate surface area is 130 Å². The highest BCUT2D eigenvalue weighted by Gasteiger charge is 2.12. The number of hydrogen-bond acceptors (Lipinski definition) is 3. The molecule has 0 saturated heterocycles. The van der Waals surface area contributed by atoms with E-state index in [1.54, 1.807) is 42.5 Å². The van der Waals surface area contributed by atoms with Crippen molar-refractivity contribution in [2.45, 2.75) is 0 Å². The van der Waals surface area contributed by atoms with E-state index >= 15 is 0 Å². The van der Waals surface area contributed by atoms with Crippen LogP contribution >= 0.6 is 27.5 Å². The molecule has 0 amide bonds. The Bertz CT molecular complexity index is 611. The Morgan fingerprint density at radius 1 is 1.15 bits per heavy atom. The normalized spacial score (nSPS) is 10.2. The molecule has 20 heavy (non-hydrogen) atoms. The van der Waals surface area contributed by atoms with Crippen LogP contribution in [-0.4, -0.2) is 18.2 Å². The highest BCUT2D eigenvalue weighted by molar-refractivity contribution is 9.09. The zero-order valence-electron chi connectivity index (χ0n) is 10.7. The molecule has 0 radical (unpaired) electrons. The molecule has 104 valence electrons. The summed E-state index contributed by atoms with van der Waals surface area (Å²) in [6.45, 7) is 0. The fraction of sp³-hybridized carbons (Fsp3) is 0.133. The molecule has 0 fully saturated rings. The van der Waals surface area contributed by atoms with Gasteiger partial charge < -0.3 is 9.47 Å². The monoisotopic (exact) mass is 354 g/mol. The van der Waals surface area contributed by atoms with Crippen LogP contribution in [0.25, 0.3) is 0 Å². The second-order valence-corrected chi connectivity index (χ2v) is 4.97. The smallest absolute Gasteiger partial charge is 0.177 e. The van der Waals surface area contributed by atoms with Gasteiger partial charge in [-0.1, -0.05) is 27.5 Å². The number of carbonyl (C=O) groups excluding carboxylic acids is 1. The van der Waals surface area contributed by atoms with Crippen LogP contribution in [0.4, 0.5) is 0 Å². The third-order valence-corrected chi connectivity index (χ3v) is 3.41. The molecule has 5 heteroatoms. The Kier molecular flexibility index (Phi) is 5.04. The van der Waals surface area contributed by atoms with E-state index in [9.17, 15) is 4.79 Å². The van der Waals surface area contributed by atoms with Crippen molar-refractivity contribution >= 4 is 33.3 Å². The third-order valence-electron chi connectivity index (χ3n) is 2.64. The topological polar surface area (TPSA) is 35.5 Å². The van der Waals surface area contributed by atoms with Gasteiger partial charge in [0.05, 0.1) is 18.0 Å². The van der Waals surface area contributed by atoms with Gasteiger partial charge >= 0.3 is 0 Å². The van der Waals surface area contributed by atoms with Gasteiger partial charge in [-0.05, 0) is 36.4 Å². The summed E-state index contributed by atoms with van der Waals surface area (Å²) in [5.41, 5.74) is 0.521. The van der Waals surface area contributed by atoms with Crippen molar-refractivity contribution < 1.29 is 14.3 Å². The van der Waals surface area contributed by atoms with E-state index < -0.39 is 0 Å². The van der Waals surface area contributed by atoms with Crippen LogP contribution in [0.3, 0.4) is 0 Å². The molecule has 2 aromatic rings. The van der Waals surface area contributed by atoms with Gasteiger partial charge in [-0.15, -0.1) is 0 Å². The van der Waals surface area contributed by atoms with Gasteiger partial charge in [0.1, 0.15) is 17.2 Å². The maximum Gasteiger partial charge on any atom is 0.177 e. The summed E-state index contributed by atoms with van der Waals surface area (Å²) in [5, 5.41) is 0.897. The van der Waals surface area contributed by atoms with Gasteiger partial charge in [0.2, 0.25) is 0 Å². The predicted octanol–water partition coefficient (Wildman–Crippen LogP) is 4.72. The van der Waals surface area contributed by atoms with Gasteiger partial charge in [-0.2, -0.15) is 0 Å². The molecule has 2 aromatic carbocycles. The fourth-order valence-electron chi connectivity index (χ4n) is 1.68. The number of alkyl halides is 1. The first-order valence-corrected chi connectivity index (χ1v) is 7.34. The number of ketones is 1. The molecule has 0 aliphatic heterocycles. The van der Waals surface area contributed by atoms with Crippen molar-refractivity contribution in [2.75, 3.05) is 12.4 Å². The molecular formula is C15H12BrClO3. The molecule has 0 aliphatic rings. The highest BCUT2D eigenvalue weighted by Crippen LogP contribution is 2.29. The number of ether oxygens (including phenoxy) is 2. The molecule has 0 N–H and O–H groups in total. The molecule has 0 atom stereocenters. The molecule has 3 nitrogen and oxygen atoms in total. The van der Waals surface area contributed by atoms with Crippen molar-refractivity contribution in [3.63, 3.8) is 0 Å². The van der Waals surface area contributed by atoms with Crippen LogP contribution in [-0.2, 0) is 0 Å². The zero-order chi connectivity index (χ0) is 14.5. The zero-order valence-corrected chi connectivity index (χ0v) is 13.1. The van der Waals surface area contributed by atoms with Crippen molar-refractivity contribution in [1.29, 1.82) is 0 Å². The van der Waals surface area contributed by atoms with Crippen molar-refractivity contribution in [3.05, 3.63) is 53.1 Å². The van der Waals surface area contributed by atoms with E-state index in [0.717, 1.165) is 0 Å².